The Balaban J connectivity index is 1.92. The fourth-order valence-electron chi connectivity index (χ4n) is 4.09. The summed E-state index contributed by atoms with van der Waals surface area (Å²) in [6.07, 6.45) is -0.574. The van der Waals surface area contributed by atoms with Gasteiger partial charge < -0.3 is 35.6 Å². The van der Waals surface area contributed by atoms with E-state index < -0.39 is 30.0 Å². The number of amides is 5. The quantitative estimate of drug-likeness (QED) is 0.435. The van der Waals surface area contributed by atoms with Gasteiger partial charge in [-0.05, 0) is 57.2 Å². The number of rotatable bonds is 7. The van der Waals surface area contributed by atoms with Crippen molar-refractivity contribution in [2.24, 2.45) is 5.92 Å². The third-order valence-electron chi connectivity index (χ3n) is 6.26. The lowest BCUT2D eigenvalue weighted by Crippen LogP contribution is -2.50. The van der Waals surface area contributed by atoms with Gasteiger partial charge in [0.25, 0.3) is 5.91 Å². The Bertz CT molecular complexity index is 1140. The number of halogens is 1. The fraction of sp³-hybridized carbons (Fsp3) is 0.444. The molecule has 1 heterocycles. The minimum Gasteiger partial charge on any atom is -0.485 e. The Morgan fingerprint density at radius 1 is 1.16 bits per heavy atom. The number of aliphatic hydroxyl groups excluding tert-OH is 1. The second-order valence-corrected chi connectivity index (χ2v) is 9.88. The molecule has 1 aliphatic heterocycles. The summed E-state index contributed by atoms with van der Waals surface area (Å²) in [4.78, 5) is 41.9. The standard InChI is InChI=1S/C27H36FN5O5/c1-16(2)29-26(36)31-22-8-6-7-21-24(22)38-23(17(3)13-33(25(21)35)18(4)15-34)14-32(5)27(37)30-20-11-9-19(28)10-12-20/h6-12,16-18,23,34H,13-15H2,1-5H3,(H,30,37)(H2,29,31,36)/t17-,18-,23-/m0/s1. The lowest BCUT2D eigenvalue weighted by Gasteiger charge is -2.38. The van der Waals surface area contributed by atoms with Gasteiger partial charge in [-0.2, -0.15) is 0 Å². The monoisotopic (exact) mass is 529 g/mol. The third kappa shape index (κ3) is 7.12. The maximum atomic E-state index is 13.5. The van der Waals surface area contributed by atoms with E-state index in [1.807, 2.05) is 20.8 Å². The molecule has 2 aromatic rings. The highest BCUT2D eigenvalue weighted by Crippen LogP contribution is 2.35. The topological polar surface area (TPSA) is 123 Å². The number of benzene rings is 2. The number of anilines is 2. The molecule has 4 N–H and O–H groups in total. The molecule has 0 aromatic heterocycles. The van der Waals surface area contributed by atoms with Crippen LogP contribution in [0.1, 0.15) is 38.1 Å². The van der Waals surface area contributed by atoms with E-state index in [-0.39, 0.29) is 48.9 Å². The van der Waals surface area contributed by atoms with Crippen LogP contribution in [-0.4, -0.2) is 77.8 Å². The Morgan fingerprint density at radius 2 is 1.84 bits per heavy atom. The number of ether oxygens (including phenoxy) is 1. The van der Waals surface area contributed by atoms with Crippen LogP contribution in [0, 0.1) is 11.7 Å². The van der Waals surface area contributed by atoms with Crippen LogP contribution in [0.4, 0.5) is 25.4 Å². The summed E-state index contributed by atoms with van der Waals surface area (Å²) in [5.41, 5.74) is 0.988. The first-order chi connectivity index (χ1) is 18.0. The van der Waals surface area contributed by atoms with E-state index in [1.165, 1.54) is 29.2 Å². The van der Waals surface area contributed by atoms with Crippen molar-refractivity contribution in [1.29, 1.82) is 0 Å². The van der Waals surface area contributed by atoms with E-state index in [4.69, 9.17) is 4.74 Å². The number of carbonyl (C=O) groups excluding carboxylic acids is 3. The first-order valence-electron chi connectivity index (χ1n) is 12.6. The number of carbonyl (C=O) groups is 3. The summed E-state index contributed by atoms with van der Waals surface area (Å²) in [6.45, 7) is 7.50. The molecule has 206 valence electrons. The zero-order valence-corrected chi connectivity index (χ0v) is 22.3. The van der Waals surface area contributed by atoms with E-state index in [0.29, 0.717) is 11.4 Å². The molecule has 0 saturated heterocycles. The number of fused-ring (bicyclic) bond motifs is 1. The predicted molar refractivity (Wildman–Crippen MR) is 143 cm³/mol. The molecule has 0 saturated carbocycles. The summed E-state index contributed by atoms with van der Waals surface area (Å²) >= 11 is 0. The third-order valence-corrected chi connectivity index (χ3v) is 6.26. The fourth-order valence-corrected chi connectivity index (χ4v) is 4.09. The van der Waals surface area contributed by atoms with Crippen LogP contribution in [0.25, 0.3) is 0 Å². The summed E-state index contributed by atoms with van der Waals surface area (Å²) in [7, 11) is 1.61. The van der Waals surface area contributed by atoms with Gasteiger partial charge in [-0.25, -0.2) is 14.0 Å². The molecule has 3 atom stereocenters. The molecule has 0 bridgehead atoms. The molecule has 0 unspecified atom stereocenters. The number of hydrogen-bond donors (Lipinski definition) is 4. The number of hydrogen-bond acceptors (Lipinski definition) is 5. The maximum absolute atomic E-state index is 13.5. The van der Waals surface area contributed by atoms with Crippen molar-refractivity contribution in [2.75, 3.05) is 37.4 Å². The van der Waals surface area contributed by atoms with Gasteiger partial charge >= 0.3 is 12.1 Å². The highest BCUT2D eigenvalue weighted by atomic mass is 19.1. The molecule has 0 fully saturated rings. The van der Waals surface area contributed by atoms with Crippen molar-refractivity contribution in [3.8, 4) is 5.75 Å². The zero-order chi connectivity index (χ0) is 28.0. The molecular formula is C27H36FN5O5. The molecule has 2 aromatic carbocycles. The number of nitrogens with zero attached hydrogens (tertiary/aromatic N) is 2. The average Bonchev–Trinajstić information content (AvgIpc) is 2.86. The van der Waals surface area contributed by atoms with Gasteiger partial charge in [0.05, 0.1) is 30.4 Å². The average molecular weight is 530 g/mol. The van der Waals surface area contributed by atoms with Gasteiger partial charge in [0.15, 0.2) is 5.75 Å². The van der Waals surface area contributed by atoms with Crippen molar-refractivity contribution in [3.05, 3.63) is 53.8 Å². The summed E-state index contributed by atoms with van der Waals surface area (Å²) in [5.74, 6) is -0.799. The molecule has 10 nitrogen and oxygen atoms in total. The second-order valence-electron chi connectivity index (χ2n) is 9.88. The molecule has 0 radical (unpaired) electrons. The maximum Gasteiger partial charge on any atom is 0.321 e. The lowest BCUT2D eigenvalue weighted by atomic mass is 9.99. The van der Waals surface area contributed by atoms with Crippen molar-refractivity contribution < 1.29 is 28.6 Å². The van der Waals surface area contributed by atoms with Crippen LogP contribution in [0.3, 0.4) is 0 Å². The van der Waals surface area contributed by atoms with Crippen LogP contribution in [0.15, 0.2) is 42.5 Å². The normalized spacial score (nSPS) is 18.0. The Morgan fingerprint density at radius 3 is 2.47 bits per heavy atom. The number of para-hydroxylation sites is 1. The second kappa shape index (κ2) is 12.6. The first kappa shape index (κ1) is 28.7. The SMILES string of the molecule is CC(C)NC(=O)Nc1cccc2c1O[C@@H](CN(C)C(=O)Nc1ccc(F)cc1)[C@@H](C)CN([C@@H](C)CO)C2=O. The number of urea groups is 2. The van der Waals surface area contributed by atoms with Gasteiger partial charge in [-0.3, -0.25) is 4.79 Å². The van der Waals surface area contributed by atoms with E-state index in [0.717, 1.165) is 0 Å². The summed E-state index contributed by atoms with van der Waals surface area (Å²) < 4.78 is 19.6. The van der Waals surface area contributed by atoms with Gasteiger partial charge in [0.1, 0.15) is 11.9 Å². The Kier molecular flexibility index (Phi) is 9.51. The largest absolute Gasteiger partial charge is 0.485 e. The molecule has 1 aliphatic rings. The minimum absolute atomic E-state index is 0.106. The summed E-state index contributed by atoms with van der Waals surface area (Å²) in [5, 5.41) is 18.1. The van der Waals surface area contributed by atoms with Crippen LogP contribution in [-0.2, 0) is 0 Å². The van der Waals surface area contributed by atoms with Crippen molar-refractivity contribution in [3.63, 3.8) is 0 Å². The van der Waals surface area contributed by atoms with Crippen LogP contribution < -0.4 is 20.7 Å². The highest BCUT2D eigenvalue weighted by Gasteiger charge is 2.35. The summed E-state index contributed by atoms with van der Waals surface area (Å²) in [6, 6.07) is 8.89. The molecular weight excluding hydrogens is 493 g/mol. The molecule has 11 heteroatoms. The molecule has 0 spiro atoms. The Hall–Kier alpha value is -3.86. The van der Waals surface area contributed by atoms with Gasteiger partial charge in [-0.1, -0.05) is 13.0 Å². The molecule has 5 amide bonds. The van der Waals surface area contributed by atoms with Crippen molar-refractivity contribution in [1.82, 2.24) is 15.1 Å². The van der Waals surface area contributed by atoms with E-state index in [1.54, 1.807) is 37.1 Å². The van der Waals surface area contributed by atoms with Gasteiger partial charge in [0, 0.05) is 31.2 Å². The number of nitrogens with one attached hydrogen (secondary N) is 3. The first-order valence-corrected chi connectivity index (χ1v) is 12.6. The number of likely N-dealkylation sites (N-methyl/N-ethyl adjacent to an activating group) is 1. The zero-order valence-electron chi connectivity index (χ0n) is 22.3. The van der Waals surface area contributed by atoms with Crippen LogP contribution >= 0.6 is 0 Å². The van der Waals surface area contributed by atoms with Crippen molar-refractivity contribution >= 4 is 29.3 Å². The minimum atomic E-state index is -0.574. The smallest absolute Gasteiger partial charge is 0.321 e. The van der Waals surface area contributed by atoms with Crippen LogP contribution in [0.2, 0.25) is 0 Å². The predicted octanol–water partition coefficient (Wildman–Crippen LogP) is 3.74. The molecule has 0 aliphatic carbocycles. The molecule has 38 heavy (non-hydrogen) atoms. The highest BCUT2D eigenvalue weighted by molar-refractivity contribution is 6.01. The number of aliphatic hydroxyl groups is 1. The van der Waals surface area contributed by atoms with Gasteiger partial charge in [-0.15, -0.1) is 0 Å². The molecule has 3 rings (SSSR count). The lowest BCUT2D eigenvalue weighted by molar-refractivity contribution is 0.0373. The van der Waals surface area contributed by atoms with E-state index in [2.05, 4.69) is 16.0 Å². The van der Waals surface area contributed by atoms with Crippen LogP contribution in [0.5, 0.6) is 5.75 Å². The van der Waals surface area contributed by atoms with Gasteiger partial charge in [0.2, 0.25) is 0 Å². The van der Waals surface area contributed by atoms with E-state index >= 15 is 0 Å². The van der Waals surface area contributed by atoms with E-state index in [9.17, 15) is 23.9 Å². The Labute approximate surface area is 222 Å². The van der Waals surface area contributed by atoms with Crippen molar-refractivity contribution in [2.45, 2.75) is 45.9 Å².